The highest BCUT2D eigenvalue weighted by atomic mass is 32.1. The Balaban J connectivity index is 1.63. The van der Waals surface area contributed by atoms with Crippen LogP contribution in [0.3, 0.4) is 0 Å². The first-order chi connectivity index (χ1) is 11.0. The van der Waals surface area contributed by atoms with Gasteiger partial charge in [0.2, 0.25) is 5.91 Å². The molecule has 124 valence electrons. The molecule has 0 spiro atoms. The Morgan fingerprint density at radius 2 is 2.35 bits per heavy atom. The molecule has 1 aliphatic rings. The molecule has 1 fully saturated rings. The monoisotopic (exact) mass is 332 g/mol. The first-order valence-electron chi connectivity index (χ1n) is 7.98. The highest BCUT2D eigenvalue weighted by molar-refractivity contribution is 7.10. The molecule has 23 heavy (non-hydrogen) atoms. The first kappa shape index (κ1) is 16.2. The van der Waals surface area contributed by atoms with Gasteiger partial charge in [-0.25, -0.2) is 0 Å². The number of hydrogen-bond acceptors (Lipinski definition) is 4. The van der Waals surface area contributed by atoms with Crippen molar-refractivity contribution in [2.24, 2.45) is 13.0 Å². The smallest absolute Gasteiger partial charge is 0.225 e. The van der Waals surface area contributed by atoms with E-state index in [9.17, 15) is 4.79 Å². The van der Waals surface area contributed by atoms with E-state index in [1.807, 2.05) is 19.4 Å². The number of carbonyl (C=O) groups excluding carboxylic acids is 1. The van der Waals surface area contributed by atoms with Gasteiger partial charge in [-0.3, -0.25) is 9.48 Å². The van der Waals surface area contributed by atoms with Crippen molar-refractivity contribution in [2.75, 3.05) is 19.6 Å². The Bertz CT molecular complexity index is 662. The molecule has 1 saturated heterocycles. The number of hydrogen-bond donors (Lipinski definition) is 2. The summed E-state index contributed by atoms with van der Waals surface area (Å²) in [4.78, 5) is 14.0. The topological polar surface area (TPSA) is 59.0 Å². The molecule has 2 atom stereocenters. The van der Waals surface area contributed by atoms with Gasteiger partial charge in [-0.05, 0) is 17.0 Å². The molecule has 0 unspecified atom stereocenters. The Labute approximate surface area is 141 Å². The molecule has 2 aromatic heterocycles. The van der Waals surface area contributed by atoms with E-state index < -0.39 is 0 Å². The lowest BCUT2D eigenvalue weighted by Gasteiger charge is -2.25. The summed E-state index contributed by atoms with van der Waals surface area (Å²) in [6.07, 6.45) is 3.88. The largest absolute Gasteiger partial charge is 0.355 e. The minimum Gasteiger partial charge on any atom is -0.355 e. The highest BCUT2D eigenvalue weighted by Gasteiger charge is 2.35. The molecular formula is C17H24N4OS. The minimum absolute atomic E-state index is 0.0293. The summed E-state index contributed by atoms with van der Waals surface area (Å²) < 4.78 is 1.79. The van der Waals surface area contributed by atoms with E-state index in [-0.39, 0.29) is 23.2 Å². The van der Waals surface area contributed by atoms with Gasteiger partial charge >= 0.3 is 0 Å². The van der Waals surface area contributed by atoms with Gasteiger partial charge in [-0.15, -0.1) is 11.3 Å². The molecule has 1 aliphatic heterocycles. The number of rotatable bonds is 5. The van der Waals surface area contributed by atoms with Gasteiger partial charge in [-0.1, -0.05) is 19.9 Å². The van der Waals surface area contributed by atoms with Gasteiger partial charge < -0.3 is 10.6 Å². The minimum atomic E-state index is -0.0420. The fourth-order valence-electron chi connectivity index (χ4n) is 3.13. The van der Waals surface area contributed by atoms with E-state index in [2.05, 4.69) is 47.1 Å². The van der Waals surface area contributed by atoms with Crippen LogP contribution >= 0.6 is 11.3 Å². The normalized spacial score (nSPS) is 21.5. The zero-order valence-corrected chi connectivity index (χ0v) is 14.7. The van der Waals surface area contributed by atoms with Gasteiger partial charge in [0.15, 0.2) is 0 Å². The molecule has 5 nitrogen and oxygen atoms in total. The third kappa shape index (κ3) is 3.48. The highest BCUT2D eigenvalue weighted by Crippen LogP contribution is 2.29. The zero-order valence-electron chi connectivity index (χ0n) is 13.9. The van der Waals surface area contributed by atoms with Crippen molar-refractivity contribution in [3.05, 3.63) is 40.3 Å². The molecule has 0 aromatic carbocycles. The summed E-state index contributed by atoms with van der Waals surface area (Å²) in [6, 6.07) is 4.19. The van der Waals surface area contributed by atoms with Crippen LogP contribution in [0.4, 0.5) is 0 Å². The maximum absolute atomic E-state index is 12.7. The van der Waals surface area contributed by atoms with Crippen LogP contribution in [0, 0.1) is 5.92 Å². The predicted molar refractivity (Wildman–Crippen MR) is 92.7 cm³/mol. The summed E-state index contributed by atoms with van der Waals surface area (Å²) in [7, 11) is 1.91. The van der Waals surface area contributed by atoms with Crippen LogP contribution in [0.25, 0.3) is 0 Å². The van der Waals surface area contributed by atoms with Crippen molar-refractivity contribution < 1.29 is 4.79 Å². The molecular weight excluding hydrogens is 308 g/mol. The maximum Gasteiger partial charge on any atom is 0.225 e. The number of amides is 1. The third-order valence-corrected chi connectivity index (χ3v) is 5.83. The van der Waals surface area contributed by atoms with Gasteiger partial charge in [-0.2, -0.15) is 5.10 Å². The summed E-state index contributed by atoms with van der Waals surface area (Å²) >= 11 is 1.74. The van der Waals surface area contributed by atoms with Crippen LogP contribution in [0.15, 0.2) is 29.9 Å². The van der Waals surface area contributed by atoms with Gasteiger partial charge in [0.1, 0.15) is 0 Å². The van der Waals surface area contributed by atoms with Crippen LogP contribution < -0.4 is 10.6 Å². The first-order valence-corrected chi connectivity index (χ1v) is 8.86. The Kier molecular flexibility index (Phi) is 4.55. The molecule has 3 heterocycles. The average molecular weight is 332 g/mol. The van der Waals surface area contributed by atoms with Gasteiger partial charge in [0, 0.05) is 49.1 Å². The van der Waals surface area contributed by atoms with Crippen molar-refractivity contribution in [3.8, 4) is 0 Å². The number of aryl methyl sites for hydroxylation is 1. The van der Waals surface area contributed by atoms with Crippen molar-refractivity contribution in [2.45, 2.75) is 25.2 Å². The van der Waals surface area contributed by atoms with Crippen molar-refractivity contribution in [1.29, 1.82) is 0 Å². The summed E-state index contributed by atoms with van der Waals surface area (Å²) in [5.74, 6) is 0.306. The fourth-order valence-corrected chi connectivity index (χ4v) is 3.98. The number of nitrogens with zero attached hydrogens (tertiary/aromatic N) is 2. The number of aromatic nitrogens is 2. The second kappa shape index (κ2) is 6.45. The van der Waals surface area contributed by atoms with E-state index in [0.717, 1.165) is 18.7 Å². The van der Waals surface area contributed by atoms with Crippen molar-refractivity contribution in [3.63, 3.8) is 0 Å². The average Bonchev–Trinajstić information content (AvgIpc) is 3.24. The molecule has 2 N–H and O–H groups in total. The predicted octanol–water partition coefficient (Wildman–Crippen LogP) is 1.88. The van der Waals surface area contributed by atoms with E-state index >= 15 is 0 Å². The summed E-state index contributed by atoms with van der Waals surface area (Å²) in [6.45, 7) is 6.56. The maximum atomic E-state index is 12.7. The Morgan fingerprint density at radius 3 is 3.00 bits per heavy atom. The summed E-state index contributed by atoms with van der Waals surface area (Å²) in [5.41, 5.74) is 1.09. The molecule has 0 saturated carbocycles. The molecule has 0 radical (unpaired) electrons. The number of thiophene rings is 1. The fraction of sp³-hybridized carbons (Fsp3) is 0.529. The quantitative estimate of drug-likeness (QED) is 0.879. The van der Waals surface area contributed by atoms with Crippen molar-refractivity contribution >= 4 is 17.2 Å². The second-order valence-corrected chi connectivity index (χ2v) is 7.85. The lowest BCUT2D eigenvalue weighted by Crippen LogP contribution is -2.41. The van der Waals surface area contributed by atoms with Crippen LogP contribution in [0.1, 0.15) is 30.2 Å². The molecule has 0 aliphatic carbocycles. The van der Waals surface area contributed by atoms with Gasteiger partial charge in [0.25, 0.3) is 0 Å². The molecule has 3 rings (SSSR count). The molecule has 6 heteroatoms. The van der Waals surface area contributed by atoms with Crippen LogP contribution in [-0.2, 0) is 17.3 Å². The van der Waals surface area contributed by atoms with Crippen LogP contribution in [-0.4, -0.2) is 35.3 Å². The lowest BCUT2D eigenvalue weighted by atomic mass is 9.88. The van der Waals surface area contributed by atoms with Crippen LogP contribution in [0.2, 0.25) is 0 Å². The third-order valence-electron chi connectivity index (χ3n) is 4.60. The van der Waals surface area contributed by atoms with E-state index in [4.69, 9.17) is 0 Å². The summed E-state index contributed by atoms with van der Waals surface area (Å²) in [5, 5.41) is 12.8. The van der Waals surface area contributed by atoms with E-state index in [1.54, 1.807) is 16.0 Å². The lowest BCUT2D eigenvalue weighted by molar-refractivity contribution is -0.125. The zero-order chi connectivity index (χ0) is 16.4. The van der Waals surface area contributed by atoms with Crippen LogP contribution in [0.5, 0.6) is 0 Å². The second-order valence-electron chi connectivity index (χ2n) is 6.90. The molecule has 0 bridgehead atoms. The number of nitrogens with one attached hydrogen (secondary N) is 2. The van der Waals surface area contributed by atoms with E-state index in [1.165, 1.54) is 4.88 Å². The SMILES string of the molecule is Cn1cc([C@H]2CNC[C@@H]2C(=O)NCC(C)(C)c2cccs2)cn1. The van der Waals surface area contributed by atoms with Gasteiger partial charge in [0.05, 0.1) is 12.1 Å². The number of carbonyl (C=O) groups is 1. The molecule has 2 aromatic rings. The van der Waals surface area contributed by atoms with Crippen molar-refractivity contribution in [1.82, 2.24) is 20.4 Å². The van der Waals surface area contributed by atoms with E-state index in [0.29, 0.717) is 6.54 Å². The Hall–Kier alpha value is -1.66. The Morgan fingerprint density at radius 1 is 1.52 bits per heavy atom. The standard InChI is InChI=1S/C17H24N4OS/c1-17(2,15-5-4-6-23-15)11-19-16(22)14-9-18-8-13(14)12-7-20-21(3)10-12/h4-7,10,13-14,18H,8-9,11H2,1-3H3,(H,19,22)/t13-,14+/m1/s1. The molecule has 1 amide bonds.